The Morgan fingerprint density at radius 1 is 1.31 bits per heavy atom. The highest BCUT2D eigenvalue weighted by molar-refractivity contribution is 9.09. The van der Waals surface area contributed by atoms with Gasteiger partial charge < -0.3 is 0 Å². The van der Waals surface area contributed by atoms with Crippen LogP contribution in [0.1, 0.15) is 17.3 Å². The van der Waals surface area contributed by atoms with E-state index in [0.717, 1.165) is 17.6 Å². The van der Waals surface area contributed by atoms with Gasteiger partial charge in [0.15, 0.2) is 0 Å². The maximum absolute atomic E-state index is 4.26. The van der Waals surface area contributed by atoms with Crippen molar-refractivity contribution in [1.82, 2.24) is 14.8 Å². The van der Waals surface area contributed by atoms with Gasteiger partial charge in [-0.3, -0.25) is 4.68 Å². The van der Waals surface area contributed by atoms with Crippen molar-refractivity contribution in [2.24, 2.45) is 7.05 Å². The summed E-state index contributed by atoms with van der Waals surface area (Å²) in [5, 5.41) is 5.02. The molecule has 0 bridgehead atoms. The van der Waals surface area contributed by atoms with Crippen LogP contribution in [0, 0.1) is 0 Å². The van der Waals surface area contributed by atoms with Crippen LogP contribution in [0.5, 0.6) is 0 Å². The topological polar surface area (TPSA) is 30.7 Å². The van der Waals surface area contributed by atoms with Crippen LogP contribution < -0.4 is 0 Å². The fraction of sp³-hybridized carbons (Fsp3) is 0.333. The molecule has 1 aromatic carbocycles. The summed E-state index contributed by atoms with van der Waals surface area (Å²) in [6, 6.07) is 10.5. The van der Waals surface area contributed by atoms with Gasteiger partial charge in [0.25, 0.3) is 0 Å². The molecule has 0 saturated carbocycles. The average Bonchev–Trinajstić information content (AvgIpc) is 2.73. The summed E-state index contributed by atoms with van der Waals surface area (Å²) in [5.74, 6) is 1.47. The number of aromatic nitrogens is 3. The fourth-order valence-corrected chi connectivity index (χ4v) is 2.31. The first-order valence-corrected chi connectivity index (χ1v) is 6.37. The predicted octanol–water partition coefficient (Wildman–Crippen LogP) is 2.54. The van der Waals surface area contributed by atoms with Crippen molar-refractivity contribution in [1.29, 1.82) is 0 Å². The summed E-state index contributed by atoms with van der Waals surface area (Å²) < 4.78 is 1.83. The molecule has 0 aliphatic carbocycles. The van der Waals surface area contributed by atoms with Crippen LogP contribution in [0.4, 0.5) is 0 Å². The van der Waals surface area contributed by atoms with Gasteiger partial charge in [-0.15, -0.1) is 0 Å². The van der Waals surface area contributed by atoms with Crippen molar-refractivity contribution in [3.63, 3.8) is 0 Å². The van der Waals surface area contributed by atoms with Gasteiger partial charge in [-0.05, 0) is 5.56 Å². The average molecular weight is 280 g/mol. The molecule has 1 heterocycles. The highest BCUT2D eigenvalue weighted by Gasteiger charge is 2.13. The summed E-state index contributed by atoms with van der Waals surface area (Å²) in [6.45, 7) is 0. The Bertz CT molecular complexity index is 439. The third-order valence-electron chi connectivity index (χ3n) is 2.69. The number of hydrogen-bond acceptors (Lipinski definition) is 2. The molecule has 1 atom stereocenters. The Labute approximate surface area is 104 Å². The first-order chi connectivity index (χ1) is 7.81. The normalized spacial score (nSPS) is 12.6. The van der Waals surface area contributed by atoms with Crippen molar-refractivity contribution in [3.05, 3.63) is 48.0 Å². The van der Waals surface area contributed by atoms with Gasteiger partial charge in [-0.2, -0.15) is 5.10 Å². The number of hydrogen-bond donors (Lipinski definition) is 0. The van der Waals surface area contributed by atoms with E-state index in [1.165, 1.54) is 5.56 Å². The van der Waals surface area contributed by atoms with Crippen molar-refractivity contribution < 1.29 is 0 Å². The molecule has 0 aliphatic rings. The molecule has 2 aromatic rings. The Hall–Kier alpha value is -1.16. The third-order valence-corrected chi connectivity index (χ3v) is 3.47. The minimum atomic E-state index is 0.448. The molecule has 3 nitrogen and oxygen atoms in total. The molecule has 84 valence electrons. The third kappa shape index (κ3) is 2.50. The lowest BCUT2D eigenvalue weighted by Crippen LogP contribution is -2.09. The van der Waals surface area contributed by atoms with Crippen LogP contribution in [0.2, 0.25) is 0 Å². The van der Waals surface area contributed by atoms with Crippen molar-refractivity contribution >= 4 is 15.9 Å². The number of halogens is 1. The largest absolute Gasteiger partial charge is 0.253 e. The summed E-state index contributed by atoms with van der Waals surface area (Å²) in [5.41, 5.74) is 1.34. The van der Waals surface area contributed by atoms with Gasteiger partial charge in [0, 0.05) is 24.7 Å². The molecule has 0 fully saturated rings. The Morgan fingerprint density at radius 3 is 2.62 bits per heavy atom. The van der Waals surface area contributed by atoms with Crippen molar-refractivity contribution in [3.8, 4) is 0 Å². The van der Waals surface area contributed by atoms with E-state index < -0.39 is 0 Å². The van der Waals surface area contributed by atoms with E-state index >= 15 is 0 Å². The van der Waals surface area contributed by atoms with Gasteiger partial charge >= 0.3 is 0 Å². The number of alkyl halides is 1. The molecule has 0 saturated heterocycles. The highest BCUT2D eigenvalue weighted by Crippen LogP contribution is 2.21. The molecular formula is C12H14BrN3. The van der Waals surface area contributed by atoms with Crippen molar-refractivity contribution in [2.45, 2.75) is 12.3 Å². The zero-order chi connectivity index (χ0) is 11.4. The Morgan fingerprint density at radius 2 is 2.06 bits per heavy atom. The molecule has 0 radical (unpaired) electrons. The van der Waals surface area contributed by atoms with E-state index in [1.807, 2.05) is 17.8 Å². The minimum Gasteiger partial charge on any atom is -0.253 e. The SMILES string of the molecule is Cn1ncnc1CC(CBr)c1ccccc1. The van der Waals surface area contributed by atoms with Gasteiger partial charge in [-0.1, -0.05) is 46.3 Å². The van der Waals surface area contributed by atoms with Crippen LogP contribution >= 0.6 is 15.9 Å². The maximum atomic E-state index is 4.26. The van der Waals surface area contributed by atoms with Crippen LogP contribution in [0.25, 0.3) is 0 Å². The second kappa shape index (κ2) is 5.25. The summed E-state index contributed by atoms with van der Waals surface area (Å²) in [7, 11) is 1.93. The molecule has 2 rings (SSSR count). The summed E-state index contributed by atoms with van der Waals surface area (Å²) >= 11 is 3.57. The molecular weight excluding hydrogens is 266 g/mol. The zero-order valence-electron chi connectivity index (χ0n) is 9.18. The van der Waals surface area contributed by atoms with E-state index in [-0.39, 0.29) is 0 Å². The second-order valence-electron chi connectivity index (χ2n) is 3.77. The molecule has 0 aliphatic heterocycles. The van der Waals surface area contributed by atoms with E-state index in [4.69, 9.17) is 0 Å². The van der Waals surface area contributed by atoms with Crippen LogP contribution in [0.15, 0.2) is 36.7 Å². The van der Waals surface area contributed by atoms with Gasteiger partial charge in [0.05, 0.1) is 0 Å². The zero-order valence-corrected chi connectivity index (χ0v) is 10.8. The molecule has 1 unspecified atom stereocenters. The molecule has 0 spiro atoms. The standard InChI is InChI=1S/C12H14BrN3/c1-16-12(14-9-15-16)7-11(8-13)10-5-3-2-4-6-10/h2-6,9,11H,7-8H2,1H3. The maximum Gasteiger partial charge on any atom is 0.138 e. The van der Waals surface area contributed by atoms with Crippen molar-refractivity contribution in [2.75, 3.05) is 5.33 Å². The van der Waals surface area contributed by atoms with Crippen LogP contribution in [-0.2, 0) is 13.5 Å². The first kappa shape index (κ1) is 11.3. The smallest absolute Gasteiger partial charge is 0.138 e. The van der Waals surface area contributed by atoms with Gasteiger partial charge in [-0.25, -0.2) is 4.98 Å². The lowest BCUT2D eigenvalue weighted by Gasteiger charge is -2.13. The number of aryl methyl sites for hydroxylation is 1. The monoisotopic (exact) mass is 279 g/mol. The summed E-state index contributed by atoms with van der Waals surface area (Å²) in [4.78, 5) is 4.26. The summed E-state index contributed by atoms with van der Waals surface area (Å²) in [6.07, 6.45) is 2.51. The number of nitrogens with zero attached hydrogens (tertiary/aromatic N) is 3. The predicted molar refractivity (Wildman–Crippen MR) is 67.7 cm³/mol. The van der Waals surface area contributed by atoms with E-state index in [2.05, 4.69) is 50.3 Å². The number of rotatable bonds is 4. The number of benzene rings is 1. The Balaban J connectivity index is 2.16. The highest BCUT2D eigenvalue weighted by atomic mass is 79.9. The first-order valence-electron chi connectivity index (χ1n) is 5.25. The molecule has 0 N–H and O–H groups in total. The Kier molecular flexibility index (Phi) is 3.72. The quantitative estimate of drug-likeness (QED) is 0.806. The minimum absolute atomic E-state index is 0.448. The van der Waals surface area contributed by atoms with E-state index in [1.54, 1.807) is 6.33 Å². The second-order valence-corrected chi connectivity index (χ2v) is 4.41. The van der Waals surface area contributed by atoms with Gasteiger partial charge in [0.2, 0.25) is 0 Å². The van der Waals surface area contributed by atoms with Gasteiger partial charge in [0.1, 0.15) is 12.2 Å². The van der Waals surface area contributed by atoms with E-state index in [0.29, 0.717) is 5.92 Å². The van der Waals surface area contributed by atoms with Crippen LogP contribution in [0.3, 0.4) is 0 Å². The lowest BCUT2D eigenvalue weighted by molar-refractivity contribution is 0.651. The molecule has 0 amide bonds. The fourth-order valence-electron chi connectivity index (χ4n) is 1.71. The molecule has 16 heavy (non-hydrogen) atoms. The van der Waals surface area contributed by atoms with E-state index in [9.17, 15) is 0 Å². The van der Waals surface area contributed by atoms with Crippen LogP contribution in [-0.4, -0.2) is 20.1 Å². The molecule has 4 heteroatoms. The lowest BCUT2D eigenvalue weighted by atomic mass is 9.97. The molecule has 1 aromatic heterocycles.